The molecule has 19 heavy (non-hydrogen) atoms. The number of amides is 2. The molecule has 0 heterocycles. The highest BCUT2D eigenvalue weighted by atomic mass is 35.5. The number of carbonyl (C=O) groups is 1. The molecule has 0 bridgehead atoms. The number of hydrogen-bond acceptors (Lipinski definition) is 2. The van der Waals surface area contributed by atoms with Crippen LogP contribution in [-0.2, 0) is 0 Å². The summed E-state index contributed by atoms with van der Waals surface area (Å²) in [6.45, 7) is -0.0666. The highest BCUT2D eigenvalue weighted by molar-refractivity contribution is 6.30. The monoisotopic (exact) mass is 290 g/mol. The lowest BCUT2D eigenvalue weighted by molar-refractivity contribution is 0.185. The van der Waals surface area contributed by atoms with E-state index < -0.39 is 23.4 Å². The highest BCUT2D eigenvalue weighted by Crippen LogP contribution is 2.28. The van der Waals surface area contributed by atoms with Gasteiger partial charge in [-0.25, -0.2) is 13.6 Å². The SMILES string of the molecule is O=C(Nc1c(F)cc(Cl)cc1F)N(CCO)C1CC1. The molecule has 104 valence electrons. The van der Waals surface area contributed by atoms with Gasteiger partial charge in [0.05, 0.1) is 6.61 Å². The minimum atomic E-state index is -0.932. The summed E-state index contributed by atoms with van der Waals surface area (Å²) in [5.74, 6) is -1.86. The Morgan fingerprint density at radius 3 is 2.47 bits per heavy atom. The van der Waals surface area contributed by atoms with Crippen molar-refractivity contribution in [3.05, 3.63) is 28.8 Å². The predicted molar refractivity (Wildman–Crippen MR) is 67.2 cm³/mol. The molecule has 2 N–H and O–H groups in total. The summed E-state index contributed by atoms with van der Waals surface area (Å²) in [5.41, 5.74) is -0.530. The minimum absolute atomic E-state index is 0.0329. The minimum Gasteiger partial charge on any atom is -0.395 e. The maximum absolute atomic E-state index is 13.5. The van der Waals surface area contributed by atoms with Crippen LogP contribution in [0.2, 0.25) is 5.02 Å². The predicted octanol–water partition coefficient (Wildman–Crippen LogP) is 2.61. The number of halogens is 3. The lowest BCUT2D eigenvalue weighted by Crippen LogP contribution is -2.39. The van der Waals surface area contributed by atoms with Crippen molar-refractivity contribution in [2.45, 2.75) is 18.9 Å². The summed E-state index contributed by atoms with van der Waals surface area (Å²) in [7, 11) is 0. The van der Waals surface area contributed by atoms with Crippen LogP contribution >= 0.6 is 11.6 Å². The maximum Gasteiger partial charge on any atom is 0.322 e. The fourth-order valence-electron chi connectivity index (χ4n) is 1.78. The standard InChI is InChI=1S/C12H13ClF2N2O2/c13-7-5-9(14)11(10(15)6-7)16-12(19)17(3-4-18)8-1-2-8/h5-6,8,18H,1-4H2,(H,16,19). The van der Waals surface area contributed by atoms with Crippen molar-refractivity contribution in [1.29, 1.82) is 0 Å². The Kier molecular flexibility index (Phi) is 4.21. The number of aliphatic hydroxyl groups is 1. The van der Waals surface area contributed by atoms with Crippen molar-refractivity contribution in [1.82, 2.24) is 4.90 Å². The van der Waals surface area contributed by atoms with Gasteiger partial charge in [-0.1, -0.05) is 11.6 Å². The molecule has 2 amide bonds. The molecule has 0 unspecified atom stereocenters. The van der Waals surface area contributed by atoms with Gasteiger partial charge in [-0.2, -0.15) is 0 Å². The van der Waals surface area contributed by atoms with Gasteiger partial charge in [0.2, 0.25) is 0 Å². The zero-order chi connectivity index (χ0) is 14.0. The molecule has 2 rings (SSSR count). The van der Waals surface area contributed by atoms with Gasteiger partial charge in [-0.15, -0.1) is 0 Å². The van der Waals surface area contributed by atoms with Crippen LogP contribution in [0.3, 0.4) is 0 Å². The van der Waals surface area contributed by atoms with Crippen LogP contribution < -0.4 is 5.32 Å². The third-order valence-corrected chi connectivity index (χ3v) is 3.05. The number of hydrogen-bond donors (Lipinski definition) is 2. The zero-order valence-corrected chi connectivity index (χ0v) is 10.8. The van der Waals surface area contributed by atoms with Crippen LogP contribution in [0.15, 0.2) is 12.1 Å². The van der Waals surface area contributed by atoms with Gasteiger partial charge in [0.25, 0.3) is 0 Å². The summed E-state index contributed by atoms with van der Waals surface area (Å²) < 4.78 is 27.1. The summed E-state index contributed by atoms with van der Waals surface area (Å²) in [6, 6.07) is 1.25. The summed E-state index contributed by atoms with van der Waals surface area (Å²) in [4.78, 5) is 13.3. The first-order valence-electron chi connectivity index (χ1n) is 5.86. The van der Waals surface area contributed by atoms with Crippen molar-refractivity contribution in [3.8, 4) is 0 Å². The quantitative estimate of drug-likeness (QED) is 0.895. The zero-order valence-electron chi connectivity index (χ0n) is 10.00. The Morgan fingerprint density at radius 2 is 2.00 bits per heavy atom. The number of carbonyl (C=O) groups excluding carboxylic acids is 1. The summed E-state index contributed by atoms with van der Waals surface area (Å²) >= 11 is 5.50. The van der Waals surface area contributed by atoms with Crippen molar-refractivity contribution in [2.75, 3.05) is 18.5 Å². The molecular weight excluding hydrogens is 278 g/mol. The number of urea groups is 1. The largest absolute Gasteiger partial charge is 0.395 e. The maximum atomic E-state index is 13.5. The molecule has 4 nitrogen and oxygen atoms in total. The average Bonchev–Trinajstić information content (AvgIpc) is 3.14. The normalized spacial score (nSPS) is 14.3. The van der Waals surface area contributed by atoms with Gasteiger partial charge in [0, 0.05) is 17.6 Å². The van der Waals surface area contributed by atoms with E-state index >= 15 is 0 Å². The molecule has 0 atom stereocenters. The van der Waals surface area contributed by atoms with Gasteiger partial charge in [0.1, 0.15) is 5.69 Å². The Morgan fingerprint density at radius 1 is 1.42 bits per heavy atom. The topological polar surface area (TPSA) is 52.6 Å². The van der Waals surface area contributed by atoms with Crippen LogP contribution in [0.1, 0.15) is 12.8 Å². The smallest absolute Gasteiger partial charge is 0.322 e. The fraction of sp³-hybridized carbons (Fsp3) is 0.417. The number of nitrogens with zero attached hydrogens (tertiary/aromatic N) is 1. The van der Waals surface area contributed by atoms with Gasteiger partial charge < -0.3 is 15.3 Å². The lowest BCUT2D eigenvalue weighted by Gasteiger charge is -2.22. The van der Waals surface area contributed by atoms with E-state index in [1.807, 2.05) is 0 Å². The second kappa shape index (κ2) is 5.71. The van der Waals surface area contributed by atoms with E-state index in [9.17, 15) is 13.6 Å². The van der Waals surface area contributed by atoms with E-state index in [1.165, 1.54) is 4.90 Å². The second-order valence-corrected chi connectivity index (χ2v) is 4.76. The molecule has 1 aliphatic rings. The van der Waals surface area contributed by atoms with E-state index in [2.05, 4.69) is 5.32 Å². The Labute approximate surface area is 114 Å². The molecule has 1 aliphatic carbocycles. The molecule has 0 aliphatic heterocycles. The van der Waals surface area contributed by atoms with Crippen LogP contribution in [0.4, 0.5) is 19.3 Å². The molecule has 1 saturated carbocycles. The fourth-order valence-corrected chi connectivity index (χ4v) is 1.98. The number of rotatable bonds is 4. The summed E-state index contributed by atoms with van der Waals surface area (Å²) in [6.07, 6.45) is 1.66. The first-order chi connectivity index (χ1) is 9.02. The van der Waals surface area contributed by atoms with Gasteiger partial charge >= 0.3 is 6.03 Å². The Bertz CT molecular complexity index is 472. The molecule has 0 saturated heterocycles. The second-order valence-electron chi connectivity index (χ2n) is 4.32. The average molecular weight is 291 g/mol. The molecule has 0 spiro atoms. The Hall–Kier alpha value is -1.40. The van der Waals surface area contributed by atoms with Crippen LogP contribution in [-0.4, -0.2) is 35.2 Å². The highest BCUT2D eigenvalue weighted by Gasteiger charge is 2.32. The molecule has 1 fully saturated rings. The molecule has 7 heteroatoms. The van der Waals surface area contributed by atoms with Gasteiger partial charge in [-0.05, 0) is 25.0 Å². The van der Waals surface area contributed by atoms with Crippen LogP contribution in [0.5, 0.6) is 0 Å². The van der Waals surface area contributed by atoms with Crippen molar-refractivity contribution in [2.24, 2.45) is 0 Å². The van der Waals surface area contributed by atoms with E-state index in [0.29, 0.717) is 0 Å². The van der Waals surface area contributed by atoms with Crippen molar-refractivity contribution >= 4 is 23.3 Å². The Balaban J connectivity index is 2.13. The first-order valence-corrected chi connectivity index (χ1v) is 6.23. The summed E-state index contributed by atoms with van der Waals surface area (Å²) in [5, 5.41) is 11.0. The van der Waals surface area contributed by atoms with Gasteiger partial charge in [0.15, 0.2) is 11.6 Å². The van der Waals surface area contributed by atoms with Crippen LogP contribution in [0.25, 0.3) is 0 Å². The first kappa shape index (κ1) is 14.0. The molecular formula is C12H13ClF2N2O2. The van der Waals surface area contributed by atoms with E-state index in [-0.39, 0.29) is 24.2 Å². The number of aliphatic hydroxyl groups excluding tert-OH is 1. The van der Waals surface area contributed by atoms with E-state index in [4.69, 9.17) is 16.7 Å². The number of nitrogens with one attached hydrogen (secondary N) is 1. The van der Waals surface area contributed by atoms with Crippen molar-refractivity contribution < 1.29 is 18.7 Å². The van der Waals surface area contributed by atoms with E-state index in [1.54, 1.807) is 0 Å². The third-order valence-electron chi connectivity index (χ3n) is 2.83. The number of benzene rings is 1. The molecule has 0 aromatic heterocycles. The molecule has 1 aromatic carbocycles. The molecule has 1 aromatic rings. The third kappa shape index (κ3) is 3.33. The van der Waals surface area contributed by atoms with Crippen molar-refractivity contribution in [3.63, 3.8) is 0 Å². The van der Waals surface area contributed by atoms with Crippen LogP contribution in [0, 0.1) is 11.6 Å². The van der Waals surface area contributed by atoms with E-state index in [0.717, 1.165) is 25.0 Å². The lowest BCUT2D eigenvalue weighted by atomic mass is 10.3. The molecule has 0 radical (unpaired) electrons. The number of anilines is 1. The van der Waals surface area contributed by atoms with Gasteiger partial charge in [-0.3, -0.25) is 0 Å².